The minimum Gasteiger partial charge on any atom is -0.394 e. The van der Waals surface area contributed by atoms with Gasteiger partial charge in [-0.3, -0.25) is 19.6 Å². The third-order valence-corrected chi connectivity index (χ3v) is 11.3. The van der Waals surface area contributed by atoms with Crippen molar-refractivity contribution in [3.63, 3.8) is 0 Å². The average molecular weight is 905 g/mol. The van der Waals surface area contributed by atoms with Crippen LogP contribution in [0.4, 0.5) is 26.1 Å². The first-order valence-electron chi connectivity index (χ1n) is 20.4. The number of hydrogen-bond donors (Lipinski definition) is 6. The molecular weight excluding hydrogens is 859 g/mol. The summed E-state index contributed by atoms with van der Waals surface area (Å²) < 4.78 is 28.6. The van der Waals surface area contributed by atoms with Gasteiger partial charge in [0.05, 0.1) is 28.7 Å². The number of amides is 2. The second-order valence-corrected chi connectivity index (χ2v) is 16.1. The van der Waals surface area contributed by atoms with Gasteiger partial charge in [-0.25, -0.2) is 18.7 Å². The number of aliphatic hydroxyl groups is 1. The number of anilines is 3. The third kappa shape index (κ3) is 11.0. The number of aryl methyl sites for hydroxylation is 1. The quantitative estimate of drug-likeness (QED) is 0.0432. The largest absolute Gasteiger partial charge is 0.394 e. The molecule has 7 N–H and O–H groups in total. The van der Waals surface area contributed by atoms with Crippen LogP contribution in [0.15, 0.2) is 115 Å². The molecule has 2 amide bonds. The fraction of sp³-hybridized carbons (Fsp3) is 0.208. The van der Waals surface area contributed by atoms with E-state index in [2.05, 4.69) is 41.2 Å². The molecule has 4 aromatic carbocycles. The Morgan fingerprint density at radius 1 is 0.766 bits per heavy atom. The van der Waals surface area contributed by atoms with Gasteiger partial charge in [0.2, 0.25) is 0 Å². The number of aliphatic imine (C=N–C) groups is 1. The molecule has 64 heavy (non-hydrogen) atoms. The normalized spacial score (nSPS) is 13.0. The number of nitrogens with zero attached hydrogens (tertiary/aromatic N) is 4. The Balaban J connectivity index is 1.10. The van der Waals surface area contributed by atoms with Crippen molar-refractivity contribution >= 4 is 79.7 Å². The fourth-order valence-corrected chi connectivity index (χ4v) is 7.60. The van der Waals surface area contributed by atoms with Gasteiger partial charge in [-0.1, -0.05) is 48.3 Å². The van der Waals surface area contributed by atoms with Gasteiger partial charge in [-0.05, 0) is 120 Å². The molecule has 7 rings (SSSR count). The van der Waals surface area contributed by atoms with Crippen LogP contribution in [0.3, 0.4) is 0 Å². The van der Waals surface area contributed by atoms with E-state index in [-0.39, 0.29) is 16.0 Å². The van der Waals surface area contributed by atoms with Gasteiger partial charge in [0.15, 0.2) is 0 Å². The summed E-state index contributed by atoms with van der Waals surface area (Å²) in [7, 11) is 1.64. The molecular formula is C48H45Cl2F2N9O3. The Labute approximate surface area is 378 Å². The Morgan fingerprint density at radius 2 is 1.42 bits per heavy atom. The van der Waals surface area contributed by atoms with Gasteiger partial charge in [0, 0.05) is 71.4 Å². The lowest BCUT2D eigenvalue weighted by atomic mass is 9.95. The van der Waals surface area contributed by atoms with Crippen molar-refractivity contribution in [3.05, 3.63) is 165 Å². The Morgan fingerprint density at radius 3 is 2.09 bits per heavy atom. The van der Waals surface area contributed by atoms with E-state index >= 15 is 0 Å². The molecule has 3 atom stereocenters. The number of amidine groups is 1. The van der Waals surface area contributed by atoms with Crippen LogP contribution in [-0.2, 0) is 6.42 Å². The van der Waals surface area contributed by atoms with E-state index in [1.54, 1.807) is 62.0 Å². The number of fused-ring (bicyclic) bond motifs is 2. The summed E-state index contributed by atoms with van der Waals surface area (Å²) in [6.45, 7) is 3.31. The molecule has 0 fully saturated rings. The van der Waals surface area contributed by atoms with Crippen LogP contribution in [0.1, 0.15) is 74.9 Å². The second-order valence-electron chi connectivity index (χ2n) is 15.3. The number of carbonyl (C=O) groups is 2. The minimum atomic E-state index is -0.909. The molecule has 0 saturated carbocycles. The Bertz CT molecular complexity index is 2900. The van der Waals surface area contributed by atoms with Crippen LogP contribution >= 0.6 is 23.2 Å². The highest BCUT2D eigenvalue weighted by atomic mass is 35.5. The monoisotopic (exact) mass is 903 g/mol. The Kier molecular flexibility index (Phi) is 14.4. The summed E-state index contributed by atoms with van der Waals surface area (Å²) in [6.07, 6.45) is 6.26. The van der Waals surface area contributed by atoms with Gasteiger partial charge in [-0.2, -0.15) is 0 Å². The number of benzene rings is 4. The van der Waals surface area contributed by atoms with E-state index in [1.807, 2.05) is 44.2 Å². The molecule has 0 aliphatic heterocycles. The average Bonchev–Trinajstić information content (AvgIpc) is 3.28. The number of nitrogens with two attached hydrogens (primary N) is 1. The van der Waals surface area contributed by atoms with Crippen molar-refractivity contribution in [2.75, 3.05) is 24.3 Å². The van der Waals surface area contributed by atoms with Crippen LogP contribution < -0.4 is 27.0 Å². The number of rotatable bonds is 15. The number of pyridine rings is 3. The highest BCUT2D eigenvalue weighted by molar-refractivity contribution is 6.31. The van der Waals surface area contributed by atoms with Gasteiger partial charge in [0.25, 0.3) is 11.8 Å². The molecule has 0 saturated heterocycles. The molecule has 16 heteroatoms. The van der Waals surface area contributed by atoms with E-state index < -0.39 is 42.3 Å². The highest BCUT2D eigenvalue weighted by Gasteiger charge is 2.21. The smallest absolute Gasteiger partial charge is 0.251 e. The van der Waals surface area contributed by atoms with Gasteiger partial charge in [-0.15, -0.1) is 0 Å². The molecule has 0 radical (unpaired) electrons. The zero-order valence-electron chi connectivity index (χ0n) is 35.1. The number of hydrogen-bond acceptors (Lipinski definition) is 9. The first kappa shape index (κ1) is 45.4. The summed E-state index contributed by atoms with van der Waals surface area (Å²) in [6, 6.07) is 22.9. The molecule has 3 heterocycles. The van der Waals surface area contributed by atoms with E-state index in [9.17, 15) is 23.5 Å². The van der Waals surface area contributed by atoms with Crippen molar-refractivity contribution in [1.82, 2.24) is 25.6 Å². The molecule has 3 unspecified atom stereocenters. The number of aromatic nitrogens is 3. The first-order valence-corrected chi connectivity index (χ1v) is 21.2. The second kappa shape index (κ2) is 20.3. The molecule has 328 valence electrons. The predicted octanol–water partition coefficient (Wildman–Crippen LogP) is 9.56. The molecule has 0 aliphatic carbocycles. The zero-order valence-corrected chi connectivity index (χ0v) is 36.6. The molecule has 12 nitrogen and oxygen atoms in total. The molecule has 7 aromatic rings. The maximum atomic E-state index is 14.4. The Hall–Kier alpha value is -6.58. The van der Waals surface area contributed by atoms with Gasteiger partial charge in [0.1, 0.15) is 29.1 Å². The lowest BCUT2D eigenvalue weighted by molar-refractivity contribution is 0.0913. The van der Waals surface area contributed by atoms with Crippen molar-refractivity contribution in [3.8, 4) is 0 Å². The molecule has 0 bridgehead atoms. The van der Waals surface area contributed by atoms with Crippen LogP contribution in [0.25, 0.3) is 21.5 Å². The zero-order chi connectivity index (χ0) is 45.5. The number of carbonyl (C=O) groups excluding carboxylic acids is 2. The predicted molar refractivity (Wildman–Crippen MR) is 250 cm³/mol. The lowest BCUT2D eigenvalue weighted by Gasteiger charge is -2.19. The van der Waals surface area contributed by atoms with E-state index in [0.29, 0.717) is 64.4 Å². The van der Waals surface area contributed by atoms with Crippen LogP contribution in [0, 0.1) is 18.6 Å². The van der Waals surface area contributed by atoms with Crippen LogP contribution in [0.2, 0.25) is 10.0 Å². The van der Waals surface area contributed by atoms with Gasteiger partial charge >= 0.3 is 0 Å². The standard InChI is InChI=1S/C48H45Cl2F2N9O3/c1-4-42(27-7-9-38(49)40(51)18-27)59-47(63)29-5-6-30-23-56-46(20-31(30)14-29)61-44(54-3)22-35(53)17-32-15-34(48(64)60-43(25-62)28-8-10-39(50)41(52)19-28)16-33-21-45(57-24-37(32)33)58-36-11-12-55-26(2)13-36/h5-16,18-21,23-24,35,42-43,62H,4,17,22,25,53H2,1-3H3,(H,59,63)(H,60,64)(H,54,56,61)(H,55,57,58). The van der Waals surface area contributed by atoms with Crippen molar-refractivity contribution in [2.24, 2.45) is 10.7 Å². The van der Waals surface area contributed by atoms with Crippen molar-refractivity contribution in [2.45, 2.75) is 51.2 Å². The summed E-state index contributed by atoms with van der Waals surface area (Å²) in [5.41, 5.74) is 10.9. The summed E-state index contributed by atoms with van der Waals surface area (Å²) >= 11 is 11.8. The van der Waals surface area contributed by atoms with E-state index in [4.69, 9.17) is 28.9 Å². The number of nitrogens with one attached hydrogen (secondary N) is 4. The lowest BCUT2D eigenvalue weighted by Crippen LogP contribution is -2.31. The molecule has 0 aliphatic rings. The topological polar surface area (TPSA) is 180 Å². The maximum Gasteiger partial charge on any atom is 0.251 e. The summed E-state index contributed by atoms with van der Waals surface area (Å²) in [5.74, 6) is -0.464. The maximum absolute atomic E-state index is 14.4. The van der Waals surface area contributed by atoms with Gasteiger partial charge < -0.3 is 32.1 Å². The minimum absolute atomic E-state index is 0.0132. The number of aliphatic hydroxyl groups excluding tert-OH is 1. The molecule has 0 spiro atoms. The van der Waals surface area contributed by atoms with Crippen LogP contribution in [0.5, 0.6) is 0 Å². The number of halogens is 4. The van der Waals surface area contributed by atoms with Crippen molar-refractivity contribution in [1.29, 1.82) is 0 Å². The summed E-state index contributed by atoms with van der Waals surface area (Å²) in [4.78, 5) is 45.2. The highest BCUT2D eigenvalue weighted by Crippen LogP contribution is 2.29. The van der Waals surface area contributed by atoms with Crippen molar-refractivity contribution < 1.29 is 23.5 Å². The molecule has 3 aromatic heterocycles. The summed E-state index contributed by atoms with van der Waals surface area (Å²) in [5, 5.41) is 25.6. The van der Waals surface area contributed by atoms with Crippen LogP contribution in [-0.4, -0.2) is 57.4 Å². The fourth-order valence-electron chi connectivity index (χ4n) is 7.37. The van der Waals surface area contributed by atoms with E-state index in [1.165, 1.54) is 24.3 Å². The van der Waals surface area contributed by atoms with E-state index in [0.717, 1.165) is 33.1 Å². The third-order valence-electron chi connectivity index (χ3n) is 10.7. The SMILES string of the molecule is CCC(NC(=O)c1ccc2cnc(NC(CC(N)Cc3cc(C(=O)NC(CO)c4ccc(Cl)c(F)c4)cc4cc(Nc5ccnc(C)c5)ncc34)=NC)cc2c1)c1ccc(Cl)c(F)c1. The first-order chi connectivity index (χ1) is 30.8.